The standard InChI is InChI=1S/C24H19NO4S/c1-28-23-14-16-12-20-19-10-6-7-11-21(19)25(22(20)13-17(16)15-24(23)29-2)30(26,27)18-8-4-3-5-9-18/h3-15H,1-2H3. The number of ether oxygens (including phenoxy) is 2. The molecule has 4 aromatic carbocycles. The number of rotatable bonds is 4. The first kappa shape index (κ1) is 18.5. The van der Waals surface area contributed by atoms with Crippen LogP contribution < -0.4 is 9.47 Å². The normalized spacial score (nSPS) is 11.9. The quantitative estimate of drug-likeness (QED) is 0.403. The zero-order chi connectivity index (χ0) is 20.9. The summed E-state index contributed by atoms with van der Waals surface area (Å²) in [6.45, 7) is 0. The molecule has 0 unspecified atom stereocenters. The zero-order valence-electron chi connectivity index (χ0n) is 16.5. The van der Waals surface area contributed by atoms with Crippen LogP contribution in [0.5, 0.6) is 11.5 Å². The average Bonchev–Trinajstić information content (AvgIpc) is 3.11. The van der Waals surface area contributed by atoms with E-state index in [4.69, 9.17) is 9.47 Å². The molecule has 0 spiro atoms. The second kappa shape index (κ2) is 6.78. The van der Waals surface area contributed by atoms with Crippen LogP contribution in [-0.2, 0) is 10.0 Å². The highest BCUT2D eigenvalue weighted by molar-refractivity contribution is 7.90. The Morgan fingerprint density at radius 3 is 1.93 bits per heavy atom. The summed E-state index contributed by atoms with van der Waals surface area (Å²) >= 11 is 0. The molecular weight excluding hydrogens is 398 g/mol. The Bertz CT molecular complexity index is 1520. The monoisotopic (exact) mass is 417 g/mol. The predicted molar refractivity (Wildman–Crippen MR) is 119 cm³/mol. The molecule has 0 aliphatic rings. The Morgan fingerprint density at radius 1 is 0.667 bits per heavy atom. The summed E-state index contributed by atoms with van der Waals surface area (Å²) in [6, 6.07) is 23.7. The average molecular weight is 417 g/mol. The van der Waals surface area contributed by atoms with E-state index in [1.54, 1.807) is 44.6 Å². The van der Waals surface area contributed by atoms with Crippen LogP contribution in [0.1, 0.15) is 0 Å². The largest absolute Gasteiger partial charge is 0.493 e. The minimum absolute atomic E-state index is 0.250. The van der Waals surface area contributed by atoms with Crippen LogP contribution in [-0.4, -0.2) is 26.6 Å². The maximum absolute atomic E-state index is 13.6. The minimum Gasteiger partial charge on any atom is -0.493 e. The molecule has 1 aromatic heterocycles. The molecule has 0 amide bonds. The van der Waals surface area contributed by atoms with E-state index in [9.17, 15) is 8.42 Å². The van der Waals surface area contributed by atoms with Gasteiger partial charge in [0.05, 0.1) is 30.1 Å². The third-order valence-electron chi connectivity index (χ3n) is 5.37. The Morgan fingerprint density at radius 2 is 1.27 bits per heavy atom. The molecule has 0 bridgehead atoms. The van der Waals surface area contributed by atoms with Crippen molar-refractivity contribution >= 4 is 42.6 Å². The van der Waals surface area contributed by atoms with Gasteiger partial charge in [-0.3, -0.25) is 0 Å². The van der Waals surface area contributed by atoms with E-state index in [-0.39, 0.29) is 4.90 Å². The van der Waals surface area contributed by atoms with Crippen molar-refractivity contribution in [3.05, 3.63) is 78.9 Å². The first-order chi connectivity index (χ1) is 14.5. The number of nitrogens with zero attached hydrogens (tertiary/aromatic N) is 1. The SMILES string of the molecule is COc1cc2cc3c4ccccc4n(S(=O)(=O)c4ccccc4)c3cc2cc1OC. The van der Waals surface area contributed by atoms with E-state index < -0.39 is 10.0 Å². The van der Waals surface area contributed by atoms with Crippen molar-refractivity contribution in [1.29, 1.82) is 0 Å². The van der Waals surface area contributed by atoms with Crippen molar-refractivity contribution < 1.29 is 17.9 Å². The Hall–Kier alpha value is -3.51. The smallest absolute Gasteiger partial charge is 0.268 e. The molecule has 0 aliphatic carbocycles. The number of hydrogen-bond acceptors (Lipinski definition) is 4. The summed E-state index contributed by atoms with van der Waals surface area (Å²) in [5.41, 5.74) is 1.27. The van der Waals surface area contributed by atoms with Crippen LogP contribution in [0.25, 0.3) is 32.6 Å². The van der Waals surface area contributed by atoms with Gasteiger partial charge in [-0.05, 0) is 53.2 Å². The van der Waals surface area contributed by atoms with Crippen molar-refractivity contribution in [2.24, 2.45) is 0 Å². The highest BCUT2D eigenvalue weighted by Crippen LogP contribution is 2.38. The van der Waals surface area contributed by atoms with Gasteiger partial charge in [-0.1, -0.05) is 36.4 Å². The molecule has 6 heteroatoms. The lowest BCUT2D eigenvalue weighted by molar-refractivity contribution is 0.356. The van der Waals surface area contributed by atoms with Crippen molar-refractivity contribution in [3.8, 4) is 11.5 Å². The number of benzene rings is 4. The maximum atomic E-state index is 13.6. The first-order valence-corrected chi connectivity index (χ1v) is 10.9. The fourth-order valence-electron chi connectivity index (χ4n) is 3.96. The lowest BCUT2D eigenvalue weighted by Gasteiger charge is -2.11. The van der Waals surface area contributed by atoms with Crippen LogP contribution in [0.3, 0.4) is 0 Å². The van der Waals surface area contributed by atoms with Gasteiger partial charge in [0.2, 0.25) is 0 Å². The fourth-order valence-corrected chi connectivity index (χ4v) is 5.50. The number of hydrogen-bond donors (Lipinski definition) is 0. The summed E-state index contributed by atoms with van der Waals surface area (Å²) in [5, 5.41) is 3.56. The molecule has 5 nitrogen and oxygen atoms in total. The van der Waals surface area contributed by atoms with Crippen molar-refractivity contribution in [2.75, 3.05) is 14.2 Å². The molecule has 0 N–H and O–H groups in total. The molecule has 0 radical (unpaired) electrons. The van der Waals surface area contributed by atoms with E-state index in [0.29, 0.717) is 22.5 Å². The van der Waals surface area contributed by atoms with E-state index >= 15 is 0 Å². The van der Waals surface area contributed by atoms with E-state index in [1.807, 2.05) is 48.5 Å². The van der Waals surface area contributed by atoms with E-state index in [1.165, 1.54) is 3.97 Å². The molecule has 0 saturated heterocycles. The number of fused-ring (bicyclic) bond motifs is 4. The zero-order valence-corrected chi connectivity index (χ0v) is 17.3. The predicted octanol–water partition coefficient (Wildman–Crippen LogP) is 5.20. The van der Waals surface area contributed by atoms with E-state index in [0.717, 1.165) is 21.5 Å². The van der Waals surface area contributed by atoms with Crippen LogP contribution >= 0.6 is 0 Å². The molecule has 0 saturated carbocycles. The highest BCUT2D eigenvalue weighted by atomic mass is 32.2. The number of para-hydroxylation sites is 1. The van der Waals surface area contributed by atoms with Crippen molar-refractivity contribution in [1.82, 2.24) is 3.97 Å². The summed E-state index contributed by atoms with van der Waals surface area (Å²) in [4.78, 5) is 0.250. The molecule has 0 fully saturated rings. The topological polar surface area (TPSA) is 57.5 Å². The number of methoxy groups -OCH3 is 2. The number of aromatic nitrogens is 1. The highest BCUT2D eigenvalue weighted by Gasteiger charge is 2.23. The lowest BCUT2D eigenvalue weighted by atomic mass is 10.1. The molecule has 30 heavy (non-hydrogen) atoms. The van der Waals surface area contributed by atoms with Gasteiger partial charge in [0, 0.05) is 10.8 Å². The second-order valence-corrected chi connectivity index (χ2v) is 8.81. The van der Waals surface area contributed by atoms with Gasteiger partial charge in [-0.15, -0.1) is 0 Å². The molecule has 5 aromatic rings. The third-order valence-corrected chi connectivity index (χ3v) is 7.11. The van der Waals surface area contributed by atoms with Crippen LogP contribution in [0.2, 0.25) is 0 Å². The second-order valence-electron chi connectivity index (χ2n) is 7.02. The van der Waals surface area contributed by atoms with Crippen molar-refractivity contribution in [3.63, 3.8) is 0 Å². The summed E-state index contributed by atoms with van der Waals surface area (Å²) < 4.78 is 39.5. The third kappa shape index (κ3) is 2.64. The summed E-state index contributed by atoms with van der Waals surface area (Å²) in [6.07, 6.45) is 0. The summed E-state index contributed by atoms with van der Waals surface area (Å²) in [7, 11) is -0.605. The van der Waals surface area contributed by atoms with Gasteiger partial charge in [0.25, 0.3) is 10.0 Å². The van der Waals surface area contributed by atoms with Gasteiger partial charge >= 0.3 is 0 Å². The molecule has 5 rings (SSSR count). The van der Waals surface area contributed by atoms with Crippen LogP contribution in [0.15, 0.2) is 83.8 Å². The maximum Gasteiger partial charge on any atom is 0.268 e. The van der Waals surface area contributed by atoms with Crippen LogP contribution in [0.4, 0.5) is 0 Å². The van der Waals surface area contributed by atoms with Gasteiger partial charge in [-0.25, -0.2) is 12.4 Å². The first-order valence-electron chi connectivity index (χ1n) is 9.44. The summed E-state index contributed by atoms with van der Waals surface area (Å²) in [5.74, 6) is 1.22. The van der Waals surface area contributed by atoms with Gasteiger partial charge in [-0.2, -0.15) is 0 Å². The molecule has 0 aliphatic heterocycles. The van der Waals surface area contributed by atoms with Gasteiger partial charge < -0.3 is 9.47 Å². The van der Waals surface area contributed by atoms with E-state index in [2.05, 4.69) is 0 Å². The Labute approximate surface area is 174 Å². The molecule has 0 atom stereocenters. The lowest BCUT2D eigenvalue weighted by Crippen LogP contribution is -2.12. The Kier molecular flexibility index (Phi) is 4.18. The Balaban J connectivity index is 1.93. The fraction of sp³-hybridized carbons (Fsp3) is 0.0833. The van der Waals surface area contributed by atoms with Crippen molar-refractivity contribution in [2.45, 2.75) is 4.90 Å². The van der Waals surface area contributed by atoms with Crippen LogP contribution in [0, 0.1) is 0 Å². The minimum atomic E-state index is -3.79. The molecular formula is C24H19NO4S. The molecule has 1 heterocycles. The van der Waals surface area contributed by atoms with Gasteiger partial charge in [0.1, 0.15) is 0 Å². The molecule has 150 valence electrons. The van der Waals surface area contributed by atoms with Gasteiger partial charge in [0.15, 0.2) is 11.5 Å².